The molecular formula is C8H15N3O. The number of aromatic nitrogens is 2. The van der Waals surface area contributed by atoms with E-state index in [0.29, 0.717) is 6.42 Å². The largest absolute Gasteiger partial charge is 0.395 e. The molecule has 0 fully saturated rings. The van der Waals surface area contributed by atoms with Crippen LogP contribution in [0.5, 0.6) is 0 Å². The summed E-state index contributed by atoms with van der Waals surface area (Å²) in [5.74, 6) is 0. The van der Waals surface area contributed by atoms with Gasteiger partial charge in [0.1, 0.15) is 0 Å². The lowest BCUT2D eigenvalue weighted by Crippen LogP contribution is -2.27. The smallest absolute Gasteiger partial charge is 0.0643 e. The summed E-state index contributed by atoms with van der Waals surface area (Å²) in [4.78, 5) is 0. The van der Waals surface area contributed by atoms with E-state index >= 15 is 0 Å². The Labute approximate surface area is 72.0 Å². The van der Waals surface area contributed by atoms with E-state index in [1.54, 1.807) is 4.68 Å². The van der Waals surface area contributed by atoms with Crippen LogP contribution in [0.1, 0.15) is 11.4 Å². The first-order chi connectivity index (χ1) is 5.63. The molecule has 12 heavy (non-hydrogen) atoms. The van der Waals surface area contributed by atoms with Crippen molar-refractivity contribution in [1.29, 1.82) is 0 Å². The van der Waals surface area contributed by atoms with Gasteiger partial charge in [-0.2, -0.15) is 5.10 Å². The van der Waals surface area contributed by atoms with E-state index in [1.807, 2.05) is 20.0 Å². The minimum absolute atomic E-state index is 0.00955. The van der Waals surface area contributed by atoms with Crippen LogP contribution in [0.4, 0.5) is 0 Å². The summed E-state index contributed by atoms with van der Waals surface area (Å²) in [6.45, 7) is 2.00. The molecule has 1 aromatic rings. The van der Waals surface area contributed by atoms with Gasteiger partial charge in [0.2, 0.25) is 0 Å². The number of rotatable bonds is 3. The predicted octanol–water partition coefficient (Wildman–Crippen LogP) is -0.409. The fraction of sp³-hybridized carbons (Fsp3) is 0.625. The monoisotopic (exact) mass is 169 g/mol. The van der Waals surface area contributed by atoms with Crippen molar-refractivity contribution in [2.24, 2.45) is 12.8 Å². The molecule has 1 heterocycles. The van der Waals surface area contributed by atoms with E-state index in [9.17, 15) is 0 Å². The highest BCUT2D eigenvalue weighted by molar-refractivity contribution is 5.09. The predicted molar refractivity (Wildman–Crippen MR) is 46.7 cm³/mol. The summed E-state index contributed by atoms with van der Waals surface area (Å²) in [5, 5.41) is 12.9. The molecule has 0 spiro atoms. The van der Waals surface area contributed by atoms with Crippen LogP contribution in [0.15, 0.2) is 6.07 Å². The van der Waals surface area contributed by atoms with E-state index in [4.69, 9.17) is 10.8 Å². The van der Waals surface area contributed by atoms with Crippen LogP contribution in [0, 0.1) is 6.92 Å². The Hall–Kier alpha value is -0.870. The van der Waals surface area contributed by atoms with Crippen LogP contribution >= 0.6 is 0 Å². The van der Waals surface area contributed by atoms with Crippen LogP contribution in [-0.2, 0) is 13.5 Å². The summed E-state index contributed by atoms with van der Waals surface area (Å²) < 4.78 is 1.80. The summed E-state index contributed by atoms with van der Waals surface area (Å²) >= 11 is 0. The van der Waals surface area contributed by atoms with Gasteiger partial charge in [-0.25, -0.2) is 0 Å². The summed E-state index contributed by atoms with van der Waals surface area (Å²) in [7, 11) is 1.89. The first-order valence-electron chi connectivity index (χ1n) is 3.99. The molecule has 4 heteroatoms. The Kier molecular flexibility index (Phi) is 2.83. The standard InChI is InChI=1S/C8H15N3O/c1-6-3-8(10-11(6)2)4-7(9)5-12/h3,7,12H,4-5,9H2,1-2H3. The van der Waals surface area contributed by atoms with Crippen molar-refractivity contribution < 1.29 is 5.11 Å². The van der Waals surface area contributed by atoms with Crippen molar-refractivity contribution >= 4 is 0 Å². The zero-order valence-corrected chi connectivity index (χ0v) is 7.49. The Bertz CT molecular complexity index is 237. The SMILES string of the molecule is Cc1cc(CC(N)CO)nn1C. The van der Waals surface area contributed by atoms with Crippen LogP contribution in [0.2, 0.25) is 0 Å². The molecule has 0 aliphatic heterocycles. The van der Waals surface area contributed by atoms with E-state index in [1.165, 1.54) is 0 Å². The normalized spacial score (nSPS) is 13.3. The molecule has 0 amide bonds. The molecule has 1 rings (SSSR count). The highest BCUT2D eigenvalue weighted by Crippen LogP contribution is 2.02. The first-order valence-corrected chi connectivity index (χ1v) is 3.99. The maximum absolute atomic E-state index is 8.71. The van der Waals surface area contributed by atoms with E-state index in [2.05, 4.69) is 5.10 Å². The van der Waals surface area contributed by atoms with Crippen molar-refractivity contribution in [2.75, 3.05) is 6.61 Å². The molecule has 3 N–H and O–H groups in total. The van der Waals surface area contributed by atoms with Gasteiger partial charge in [0.05, 0.1) is 12.3 Å². The third-order valence-electron chi connectivity index (χ3n) is 1.87. The number of nitrogens with two attached hydrogens (primary N) is 1. The van der Waals surface area contributed by atoms with E-state index in [-0.39, 0.29) is 12.6 Å². The third-order valence-corrected chi connectivity index (χ3v) is 1.87. The quantitative estimate of drug-likeness (QED) is 0.646. The van der Waals surface area contributed by atoms with Gasteiger partial charge in [0.25, 0.3) is 0 Å². The van der Waals surface area contributed by atoms with Crippen molar-refractivity contribution in [3.05, 3.63) is 17.5 Å². The van der Waals surface area contributed by atoms with Crippen LogP contribution < -0.4 is 5.73 Å². The van der Waals surface area contributed by atoms with Crippen molar-refractivity contribution in [1.82, 2.24) is 9.78 Å². The Morgan fingerprint density at radius 2 is 2.42 bits per heavy atom. The van der Waals surface area contributed by atoms with Crippen LogP contribution in [0.3, 0.4) is 0 Å². The minimum Gasteiger partial charge on any atom is -0.395 e. The van der Waals surface area contributed by atoms with Crippen LogP contribution in [0.25, 0.3) is 0 Å². The second kappa shape index (κ2) is 3.69. The maximum atomic E-state index is 8.71. The Morgan fingerprint density at radius 1 is 1.75 bits per heavy atom. The van der Waals surface area contributed by atoms with Gasteiger partial charge in [-0.3, -0.25) is 4.68 Å². The molecule has 0 saturated heterocycles. The fourth-order valence-corrected chi connectivity index (χ4v) is 1.07. The van der Waals surface area contributed by atoms with Gasteiger partial charge < -0.3 is 10.8 Å². The van der Waals surface area contributed by atoms with Gasteiger partial charge in [0.15, 0.2) is 0 Å². The number of aliphatic hydroxyl groups is 1. The molecule has 0 aliphatic rings. The van der Waals surface area contributed by atoms with Gasteiger partial charge in [0, 0.05) is 25.2 Å². The van der Waals surface area contributed by atoms with E-state index < -0.39 is 0 Å². The zero-order valence-electron chi connectivity index (χ0n) is 7.49. The highest BCUT2D eigenvalue weighted by atomic mass is 16.3. The molecule has 0 aromatic carbocycles. The van der Waals surface area contributed by atoms with E-state index in [0.717, 1.165) is 11.4 Å². The second-order valence-electron chi connectivity index (χ2n) is 3.05. The van der Waals surface area contributed by atoms with Crippen molar-refractivity contribution in [3.8, 4) is 0 Å². The number of aryl methyl sites for hydroxylation is 2. The topological polar surface area (TPSA) is 64.1 Å². The average Bonchev–Trinajstić information content (AvgIpc) is 2.31. The van der Waals surface area contributed by atoms with Gasteiger partial charge in [-0.1, -0.05) is 0 Å². The molecule has 1 unspecified atom stereocenters. The number of nitrogens with zero attached hydrogens (tertiary/aromatic N) is 2. The Balaban J connectivity index is 2.64. The van der Waals surface area contributed by atoms with Gasteiger partial charge >= 0.3 is 0 Å². The van der Waals surface area contributed by atoms with Crippen LogP contribution in [-0.4, -0.2) is 27.5 Å². The number of hydrogen-bond donors (Lipinski definition) is 2. The second-order valence-corrected chi connectivity index (χ2v) is 3.05. The summed E-state index contributed by atoms with van der Waals surface area (Å²) in [5.41, 5.74) is 7.61. The molecule has 1 aromatic heterocycles. The van der Waals surface area contributed by atoms with Crippen molar-refractivity contribution in [3.63, 3.8) is 0 Å². The molecule has 68 valence electrons. The molecular weight excluding hydrogens is 154 g/mol. The van der Waals surface area contributed by atoms with Gasteiger partial charge in [-0.05, 0) is 13.0 Å². The lowest BCUT2D eigenvalue weighted by atomic mass is 10.2. The molecule has 0 bridgehead atoms. The molecule has 0 radical (unpaired) electrons. The van der Waals surface area contributed by atoms with Crippen molar-refractivity contribution in [2.45, 2.75) is 19.4 Å². The molecule has 0 saturated carbocycles. The zero-order chi connectivity index (χ0) is 9.14. The number of aliphatic hydroxyl groups excluding tert-OH is 1. The summed E-state index contributed by atoms with van der Waals surface area (Å²) in [6, 6.07) is 1.79. The Morgan fingerprint density at radius 3 is 2.83 bits per heavy atom. The molecule has 0 aliphatic carbocycles. The average molecular weight is 169 g/mol. The fourth-order valence-electron chi connectivity index (χ4n) is 1.07. The molecule has 1 atom stereocenters. The minimum atomic E-state index is -0.195. The van der Waals surface area contributed by atoms with Gasteiger partial charge in [-0.15, -0.1) is 0 Å². The highest BCUT2D eigenvalue weighted by Gasteiger charge is 2.06. The first kappa shape index (κ1) is 9.22. The lowest BCUT2D eigenvalue weighted by molar-refractivity contribution is 0.264. The number of hydrogen-bond acceptors (Lipinski definition) is 3. The lowest BCUT2D eigenvalue weighted by Gasteiger charge is -2.03. The summed E-state index contributed by atoms with van der Waals surface area (Å²) in [6.07, 6.45) is 0.637. The maximum Gasteiger partial charge on any atom is 0.0643 e. The molecule has 4 nitrogen and oxygen atoms in total. The third kappa shape index (κ3) is 2.06.